The Hall–Kier alpha value is -2.86. The van der Waals surface area contributed by atoms with Crippen molar-refractivity contribution in [1.82, 2.24) is 14.5 Å². The summed E-state index contributed by atoms with van der Waals surface area (Å²) in [6, 6.07) is 13.0. The normalized spacial score (nSPS) is 13.9. The fourth-order valence-electron chi connectivity index (χ4n) is 3.78. The third kappa shape index (κ3) is 5.07. The van der Waals surface area contributed by atoms with Crippen molar-refractivity contribution in [1.29, 1.82) is 0 Å². The highest BCUT2D eigenvalue weighted by Gasteiger charge is 2.30. The highest BCUT2D eigenvalue weighted by Crippen LogP contribution is 2.30. The van der Waals surface area contributed by atoms with Crippen LogP contribution >= 0.6 is 0 Å². The average Bonchev–Trinajstić information content (AvgIpc) is 3.30. The van der Waals surface area contributed by atoms with E-state index in [1.54, 1.807) is 0 Å². The van der Waals surface area contributed by atoms with Gasteiger partial charge in [-0.2, -0.15) is 0 Å². The van der Waals surface area contributed by atoms with Crippen LogP contribution in [0.2, 0.25) is 0 Å². The van der Waals surface area contributed by atoms with Crippen LogP contribution in [0.3, 0.4) is 0 Å². The van der Waals surface area contributed by atoms with Crippen LogP contribution in [-0.4, -0.2) is 53.8 Å². The second-order valence-corrected chi connectivity index (χ2v) is 8.70. The van der Waals surface area contributed by atoms with E-state index in [2.05, 4.69) is 59.6 Å². The van der Waals surface area contributed by atoms with Gasteiger partial charge in [-0.05, 0) is 68.9 Å². The minimum atomic E-state index is -0.701. The zero-order valence-corrected chi connectivity index (χ0v) is 19.3. The van der Waals surface area contributed by atoms with Crippen LogP contribution in [0.15, 0.2) is 55.1 Å². The van der Waals surface area contributed by atoms with E-state index in [0.29, 0.717) is 6.04 Å². The molecule has 3 aromatic rings. The van der Waals surface area contributed by atoms with Gasteiger partial charge >= 0.3 is 5.97 Å². The van der Waals surface area contributed by atoms with Gasteiger partial charge in [0.05, 0.1) is 24.9 Å². The third-order valence-electron chi connectivity index (χ3n) is 6.01. The maximum atomic E-state index is 11.9. The average molecular weight is 424 g/mol. The minimum absolute atomic E-state index is 0.161. The summed E-state index contributed by atoms with van der Waals surface area (Å²) in [5, 5.41) is 2.24. The number of hydrogen-bond donors (Lipinski definition) is 0. The number of fused-ring (bicyclic) bond motifs is 1. The molecule has 0 aliphatic rings. The molecule has 6 heteroatoms. The number of aromatic nitrogens is 2. The summed E-state index contributed by atoms with van der Waals surface area (Å²) >= 11 is 0. The molecule has 31 heavy (non-hydrogen) atoms. The third-order valence-corrected chi connectivity index (χ3v) is 6.01. The standard InChI is InChI=1S/C25H33N3O3/c1-7-27(5)18(2)23(28-13-12-26-17-28)21-9-8-20-15-22(11-10-19(20)14-21)31-16-25(3,4)24(29)30-6/h8-15,17-18,23H,7,16H2,1-6H3. The molecule has 0 bridgehead atoms. The molecule has 0 saturated heterocycles. The van der Waals surface area contributed by atoms with Crippen molar-refractivity contribution in [3.63, 3.8) is 0 Å². The number of nitrogens with zero attached hydrogens (tertiary/aromatic N) is 3. The Balaban J connectivity index is 1.87. The van der Waals surface area contributed by atoms with E-state index in [-0.39, 0.29) is 18.6 Å². The number of esters is 1. The summed E-state index contributed by atoms with van der Waals surface area (Å²) in [6.07, 6.45) is 5.73. The Morgan fingerprint density at radius 1 is 1.19 bits per heavy atom. The van der Waals surface area contributed by atoms with Gasteiger partial charge in [-0.1, -0.05) is 25.1 Å². The molecule has 166 valence electrons. The van der Waals surface area contributed by atoms with E-state index in [9.17, 15) is 4.79 Å². The van der Waals surface area contributed by atoms with Crippen LogP contribution in [-0.2, 0) is 9.53 Å². The van der Waals surface area contributed by atoms with Crippen LogP contribution in [0.4, 0.5) is 0 Å². The van der Waals surface area contributed by atoms with Crippen LogP contribution in [0.25, 0.3) is 10.8 Å². The van der Waals surface area contributed by atoms with Gasteiger partial charge in [0.25, 0.3) is 0 Å². The number of methoxy groups -OCH3 is 1. The molecule has 0 amide bonds. The van der Waals surface area contributed by atoms with Crippen LogP contribution in [0, 0.1) is 5.41 Å². The van der Waals surface area contributed by atoms with E-state index in [4.69, 9.17) is 9.47 Å². The number of rotatable bonds is 9. The van der Waals surface area contributed by atoms with Crippen molar-refractivity contribution in [3.05, 3.63) is 60.7 Å². The molecule has 0 aliphatic heterocycles. The zero-order valence-electron chi connectivity index (χ0n) is 19.3. The van der Waals surface area contributed by atoms with Crippen molar-refractivity contribution in [2.45, 2.75) is 39.8 Å². The maximum Gasteiger partial charge on any atom is 0.314 e. The van der Waals surface area contributed by atoms with Crippen molar-refractivity contribution < 1.29 is 14.3 Å². The molecule has 2 aromatic carbocycles. The van der Waals surface area contributed by atoms with E-state index < -0.39 is 5.41 Å². The molecule has 0 aliphatic carbocycles. The number of benzene rings is 2. The van der Waals surface area contributed by atoms with Crippen molar-refractivity contribution in [3.8, 4) is 5.75 Å². The van der Waals surface area contributed by atoms with E-state index in [1.807, 2.05) is 44.7 Å². The van der Waals surface area contributed by atoms with E-state index in [1.165, 1.54) is 12.7 Å². The second kappa shape index (κ2) is 9.52. The van der Waals surface area contributed by atoms with Gasteiger partial charge in [0, 0.05) is 18.4 Å². The Kier molecular flexibility index (Phi) is 7.01. The van der Waals surface area contributed by atoms with Gasteiger partial charge < -0.3 is 18.9 Å². The fourth-order valence-corrected chi connectivity index (χ4v) is 3.78. The largest absolute Gasteiger partial charge is 0.492 e. The summed E-state index contributed by atoms with van der Waals surface area (Å²) in [5.74, 6) is 0.456. The number of likely N-dealkylation sites (N-methyl/N-ethyl adjacent to an activating group) is 1. The first kappa shape index (κ1) is 22.8. The number of hydrogen-bond acceptors (Lipinski definition) is 5. The van der Waals surface area contributed by atoms with Gasteiger partial charge in [-0.15, -0.1) is 0 Å². The molecule has 2 unspecified atom stereocenters. The van der Waals surface area contributed by atoms with Gasteiger partial charge in [-0.25, -0.2) is 4.98 Å². The van der Waals surface area contributed by atoms with E-state index in [0.717, 1.165) is 23.1 Å². The van der Waals surface area contributed by atoms with Crippen molar-refractivity contribution >= 4 is 16.7 Å². The number of carbonyl (C=O) groups is 1. The Labute approximate surface area is 184 Å². The molecule has 0 fully saturated rings. The lowest BCUT2D eigenvalue weighted by atomic mass is 9.95. The molecule has 0 N–H and O–H groups in total. The van der Waals surface area contributed by atoms with Crippen LogP contribution in [0.5, 0.6) is 5.75 Å². The lowest BCUT2D eigenvalue weighted by molar-refractivity contribution is -0.152. The highest BCUT2D eigenvalue weighted by molar-refractivity contribution is 5.84. The maximum absolute atomic E-state index is 11.9. The predicted octanol–water partition coefficient (Wildman–Crippen LogP) is 4.54. The summed E-state index contributed by atoms with van der Waals surface area (Å²) in [6.45, 7) is 9.28. The number of imidazole rings is 1. The van der Waals surface area contributed by atoms with Crippen molar-refractivity contribution in [2.75, 3.05) is 27.3 Å². The zero-order chi connectivity index (χ0) is 22.6. The molecule has 1 aromatic heterocycles. The first-order valence-corrected chi connectivity index (χ1v) is 10.7. The smallest absolute Gasteiger partial charge is 0.314 e. The van der Waals surface area contributed by atoms with Gasteiger partial charge in [0.15, 0.2) is 0 Å². The molecule has 0 saturated carbocycles. The monoisotopic (exact) mass is 423 g/mol. The fraction of sp³-hybridized carbons (Fsp3) is 0.440. The molecular weight excluding hydrogens is 390 g/mol. The first-order chi connectivity index (χ1) is 14.8. The predicted molar refractivity (Wildman–Crippen MR) is 123 cm³/mol. The van der Waals surface area contributed by atoms with Crippen molar-refractivity contribution in [2.24, 2.45) is 5.41 Å². The first-order valence-electron chi connectivity index (χ1n) is 10.7. The lowest BCUT2D eigenvalue weighted by Gasteiger charge is -2.32. The lowest BCUT2D eigenvalue weighted by Crippen LogP contribution is -2.37. The molecule has 3 rings (SSSR count). The van der Waals surface area contributed by atoms with E-state index >= 15 is 0 Å². The molecule has 1 heterocycles. The number of carbonyl (C=O) groups excluding carboxylic acids is 1. The summed E-state index contributed by atoms with van der Waals surface area (Å²) in [7, 11) is 3.54. The number of ether oxygens (including phenoxy) is 2. The minimum Gasteiger partial charge on any atom is -0.492 e. The van der Waals surface area contributed by atoms with Crippen LogP contribution < -0.4 is 4.74 Å². The van der Waals surface area contributed by atoms with Gasteiger partial charge in [-0.3, -0.25) is 4.79 Å². The van der Waals surface area contributed by atoms with Gasteiger partial charge in [0.2, 0.25) is 0 Å². The topological polar surface area (TPSA) is 56.6 Å². The van der Waals surface area contributed by atoms with Gasteiger partial charge in [0.1, 0.15) is 12.4 Å². The summed E-state index contributed by atoms with van der Waals surface area (Å²) in [5.41, 5.74) is 0.534. The quantitative estimate of drug-likeness (QED) is 0.473. The molecule has 0 radical (unpaired) electrons. The molecule has 2 atom stereocenters. The summed E-state index contributed by atoms with van der Waals surface area (Å²) in [4.78, 5) is 18.5. The molecule has 0 spiro atoms. The molecule has 6 nitrogen and oxygen atoms in total. The SMILES string of the molecule is CCN(C)C(C)C(c1ccc2cc(OCC(C)(C)C(=O)OC)ccc2c1)n1ccnc1. The molecular formula is C25H33N3O3. The summed E-state index contributed by atoms with van der Waals surface area (Å²) < 4.78 is 12.9. The highest BCUT2D eigenvalue weighted by atomic mass is 16.5. The Morgan fingerprint density at radius 2 is 1.90 bits per heavy atom. The second-order valence-electron chi connectivity index (χ2n) is 8.70. The Bertz CT molecular complexity index is 1010. The van der Waals surface area contributed by atoms with Crippen LogP contribution in [0.1, 0.15) is 39.3 Å². The Morgan fingerprint density at radius 3 is 2.55 bits per heavy atom.